The van der Waals surface area contributed by atoms with Crippen LogP contribution >= 0.6 is 11.3 Å². The standard InChI is InChI=1S/C22H22N2O3S/c1-26-18-10-9-15(14-19(18)27-2)17-7-5-13-24(17)22(25)12-11-21-23-16-6-3-4-8-20(16)28-21/h3-4,6,8-12,14,17H,5,7,13H2,1-2H3/b12-11+. The molecule has 1 saturated heterocycles. The van der Waals surface area contributed by atoms with Crippen LogP contribution in [0.2, 0.25) is 0 Å². The molecule has 2 aromatic carbocycles. The molecule has 2 heterocycles. The number of fused-ring (bicyclic) bond motifs is 1. The van der Waals surface area contributed by atoms with Crippen molar-refractivity contribution in [3.63, 3.8) is 0 Å². The van der Waals surface area contributed by atoms with E-state index >= 15 is 0 Å². The molecule has 144 valence electrons. The zero-order chi connectivity index (χ0) is 19.5. The summed E-state index contributed by atoms with van der Waals surface area (Å²) in [6, 6.07) is 13.9. The van der Waals surface area contributed by atoms with Crippen LogP contribution in [0.25, 0.3) is 16.3 Å². The van der Waals surface area contributed by atoms with Crippen LogP contribution in [0.15, 0.2) is 48.5 Å². The molecule has 3 aromatic rings. The summed E-state index contributed by atoms with van der Waals surface area (Å²) in [7, 11) is 3.25. The molecule has 0 radical (unpaired) electrons. The fourth-order valence-electron chi connectivity index (χ4n) is 3.64. The zero-order valence-corrected chi connectivity index (χ0v) is 16.7. The number of hydrogen-bond acceptors (Lipinski definition) is 5. The Bertz CT molecular complexity index is 995. The molecule has 0 N–H and O–H groups in total. The zero-order valence-electron chi connectivity index (χ0n) is 15.9. The van der Waals surface area contributed by atoms with E-state index in [1.165, 1.54) is 0 Å². The van der Waals surface area contributed by atoms with Gasteiger partial charge in [0.05, 0.1) is 30.5 Å². The molecule has 1 unspecified atom stereocenters. The third kappa shape index (κ3) is 3.60. The van der Waals surface area contributed by atoms with E-state index in [-0.39, 0.29) is 11.9 Å². The van der Waals surface area contributed by atoms with E-state index in [1.54, 1.807) is 31.6 Å². The molecular weight excluding hydrogens is 372 g/mol. The Labute approximate surface area is 168 Å². The first-order valence-electron chi connectivity index (χ1n) is 9.26. The van der Waals surface area contributed by atoms with Crippen LogP contribution in [-0.2, 0) is 4.79 Å². The van der Waals surface area contributed by atoms with E-state index in [0.717, 1.165) is 40.2 Å². The molecular formula is C22H22N2O3S. The number of hydrogen-bond donors (Lipinski definition) is 0. The molecule has 1 aliphatic heterocycles. The predicted octanol–water partition coefficient (Wildman–Crippen LogP) is 4.69. The lowest BCUT2D eigenvalue weighted by Crippen LogP contribution is -2.28. The molecule has 0 saturated carbocycles. The van der Waals surface area contributed by atoms with Gasteiger partial charge in [-0.25, -0.2) is 4.98 Å². The first kappa shape index (κ1) is 18.5. The number of likely N-dealkylation sites (tertiary alicyclic amines) is 1. The van der Waals surface area contributed by atoms with Crippen molar-refractivity contribution >= 4 is 33.5 Å². The lowest BCUT2D eigenvalue weighted by Gasteiger charge is -2.24. The maximum absolute atomic E-state index is 12.9. The molecule has 1 aliphatic rings. The van der Waals surface area contributed by atoms with Gasteiger partial charge in [-0.3, -0.25) is 4.79 Å². The van der Waals surface area contributed by atoms with Gasteiger partial charge >= 0.3 is 0 Å². The van der Waals surface area contributed by atoms with Crippen molar-refractivity contribution in [2.24, 2.45) is 0 Å². The minimum Gasteiger partial charge on any atom is -0.493 e. The van der Waals surface area contributed by atoms with Crippen LogP contribution in [0.5, 0.6) is 11.5 Å². The SMILES string of the molecule is COc1ccc(C2CCCN2C(=O)/C=C/c2nc3ccccc3s2)cc1OC. The molecule has 4 rings (SSSR count). The molecule has 28 heavy (non-hydrogen) atoms. The summed E-state index contributed by atoms with van der Waals surface area (Å²) in [5, 5.41) is 0.844. The summed E-state index contributed by atoms with van der Waals surface area (Å²) in [6.07, 6.45) is 5.38. The summed E-state index contributed by atoms with van der Waals surface area (Å²) >= 11 is 1.59. The summed E-state index contributed by atoms with van der Waals surface area (Å²) in [6.45, 7) is 0.752. The quantitative estimate of drug-likeness (QED) is 0.589. The number of para-hydroxylation sites is 1. The first-order valence-corrected chi connectivity index (χ1v) is 10.1. The number of carbonyl (C=O) groups excluding carboxylic acids is 1. The van der Waals surface area contributed by atoms with Crippen molar-refractivity contribution in [1.29, 1.82) is 0 Å². The minimum absolute atomic E-state index is 0.0107. The van der Waals surface area contributed by atoms with Gasteiger partial charge in [-0.15, -0.1) is 11.3 Å². The van der Waals surface area contributed by atoms with Gasteiger partial charge in [0.1, 0.15) is 5.01 Å². The number of nitrogens with zero attached hydrogens (tertiary/aromatic N) is 2. The van der Waals surface area contributed by atoms with Gasteiger partial charge in [0.2, 0.25) is 5.91 Å². The van der Waals surface area contributed by atoms with Gasteiger partial charge in [-0.1, -0.05) is 18.2 Å². The Morgan fingerprint density at radius 1 is 1.18 bits per heavy atom. The Morgan fingerprint density at radius 2 is 2.00 bits per heavy atom. The number of thiazole rings is 1. The predicted molar refractivity (Wildman–Crippen MR) is 112 cm³/mol. The Morgan fingerprint density at radius 3 is 2.79 bits per heavy atom. The second-order valence-electron chi connectivity index (χ2n) is 6.66. The van der Waals surface area contributed by atoms with Crippen LogP contribution in [0.3, 0.4) is 0 Å². The molecule has 1 amide bonds. The van der Waals surface area contributed by atoms with Crippen LogP contribution in [-0.4, -0.2) is 36.6 Å². The smallest absolute Gasteiger partial charge is 0.247 e. The minimum atomic E-state index is 0.0107. The van der Waals surface area contributed by atoms with Gasteiger partial charge in [0, 0.05) is 12.6 Å². The van der Waals surface area contributed by atoms with Gasteiger partial charge in [0.25, 0.3) is 0 Å². The van der Waals surface area contributed by atoms with Crippen LogP contribution in [0, 0.1) is 0 Å². The maximum Gasteiger partial charge on any atom is 0.247 e. The number of ether oxygens (including phenoxy) is 2. The van der Waals surface area contributed by atoms with Crippen molar-refractivity contribution < 1.29 is 14.3 Å². The number of carbonyl (C=O) groups is 1. The highest BCUT2D eigenvalue weighted by molar-refractivity contribution is 7.19. The molecule has 1 atom stereocenters. The molecule has 5 nitrogen and oxygen atoms in total. The third-order valence-corrected chi connectivity index (χ3v) is 6.01. The largest absolute Gasteiger partial charge is 0.493 e. The lowest BCUT2D eigenvalue weighted by atomic mass is 10.0. The van der Waals surface area contributed by atoms with Crippen LogP contribution in [0.1, 0.15) is 29.5 Å². The average Bonchev–Trinajstić information content (AvgIpc) is 3.38. The number of aromatic nitrogens is 1. The van der Waals surface area contributed by atoms with Crippen molar-refractivity contribution in [1.82, 2.24) is 9.88 Å². The molecule has 0 aliphatic carbocycles. The summed E-state index contributed by atoms with van der Waals surface area (Å²) in [5.74, 6) is 1.39. The fraction of sp³-hybridized carbons (Fsp3) is 0.273. The van der Waals surface area contributed by atoms with Crippen molar-refractivity contribution in [3.05, 3.63) is 59.1 Å². The fourth-order valence-corrected chi connectivity index (χ4v) is 4.51. The summed E-state index contributed by atoms with van der Waals surface area (Å²) < 4.78 is 11.9. The lowest BCUT2D eigenvalue weighted by molar-refractivity contribution is -0.126. The number of rotatable bonds is 5. The summed E-state index contributed by atoms with van der Waals surface area (Å²) in [4.78, 5) is 19.3. The number of methoxy groups -OCH3 is 2. The van der Waals surface area contributed by atoms with Gasteiger partial charge in [-0.05, 0) is 48.7 Å². The van der Waals surface area contributed by atoms with E-state index in [0.29, 0.717) is 11.5 Å². The number of amides is 1. The van der Waals surface area contributed by atoms with Crippen molar-refractivity contribution in [3.8, 4) is 11.5 Å². The molecule has 0 spiro atoms. The Hall–Kier alpha value is -2.86. The summed E-state index contributed by atoms with van der Waals surface area (Å²) in [5.41, 5.74) is 2.03. The van der Waals surface area contributed by atoms with Crippen molar-refractivity contribution in [2.45, 2.75) is 18.9 Å². The van der Waals surface area contributed by atoms with Crippen LogP contribution < -0.4 is 9.47 Å². The van der Waals surface area contributed by atoms with E-state index in [1.807, 2.05) is 53.4 Å². The second-order valence-corrected chi connectivity index (χ2v) is 7.72. The van der Waals surface area contributed by atoms with E-state index in [9.17, 15) is 4.79 Å². The van der Waals surface area contributed by atoms with E-state index < -0.39 is 0 Å². The molecule has 1 fully saturated rings. The maximum atomic E-state index is 12.9. The van der Waals surface area contributed by atoms with Gasteiger partial charge in [0.15, 0.2) is 11.5 Å². The average molecular weight is 394 g/mol. The Kier molecular flexibility index (Phi) is 5.30. The number of benzene rings is 2. The normalized spacial score (nSPS) is 16.8. The van der Waals surface area contributed by atoms with E-state index in [2.05, 4.69) is 4.98 Å². The highest BCUT2D eigenvalue weighted by atomic mass is 32.1. The Balaban J connectivity index is 1.53. The second kappa shape index (κ2) is 8.02. The van der Waals surface area contributed by atoms with Crippen LogP contribution in [0.4, 0.5) is 0 Å². The highest BCUT2D eigenvalue weighted by Crippen LogP contribution is 2.37. The molecule has 0 bridgehead atoms. The van der Waals surface area contributed by atoms with Gasteiger partial charge in [-0.2, -0.15) is 0 Å². The van der Waals surface area contributed by atoms with E-state index in [4.69, 9.17) is 9.47 Å². The molecule has 6 heteroatoms. The van der Waals surface area contributed by atoms with Crippen molar-refractivity contribution in [2.75, 3.05) is 20.8 Å². The monoisotopic (exact) mass is 394 g/mol. The first-order chi connectivity index (χ1) is 13.7. The topological polar surface area (TPSA) is 51.7 Å². The van der Waals surface area contributed by atoms with Gasteiger partial charge < -0.3 is 14.4 Å². The highest BCUT2D eigenvalue weighted by Gasteiger charge is 2.29. The molecule has 1 aromatic heterocycles. The third-order valence-electron chi connectivity index (χ3n) is 5.01.